The molecule has 0 amide bonds. The molecular formula is C20H39NO2. The van der Waals surface area contributed by atoms with Gasteiger partial charge in [0.15, 0.2) is 0 Å². The molecule has 0 aliphatic carbocycles. The fraction of sp³-hybridized carbons (Fsp3) is 0.850. The Hall–Kier alpha value is -0.830. The number of esters is 1. The highest BCUT2D eigenvalue weighted by Crippen LogP contribution is 2.10. The number of allylic oxidation sites excluding steroid dienone is 2. The summed E-state index contributed by atoms with van der Waals surface area (Å²) in [4.78, 5) is 11.3. The smallest absolute Gasteiger partial charge is 0.307 e. The third-order valence-electron chi connectivity index (χ3n) is 3.96. The molecule has 0 aromatic heterocycles. The Labute approximate surface area is 144 Å². The van der Waals surface area contributed by atoms with E-state index in [0.717, 1.165) is 12.8 Å². The van der Waals surface area contributed by atoms with Gasteiger partial charge in [-0.1, -0.05) is 70.4 Å². The van der Waals surface area contributed by atoms with E-state index in [-0.39, 0.29) is 5.97 Å². The molecule has 0 rings (SSSR count). The zero-order valence-electron chi connectivity index (χ0n) is 15.5. The number of nitrogens with two attached hydrogens (primary N) is 1. The Balaban J connectivity index is 3.18. The van der Waals surface area contributed by atoms with Crippen molar-refractivity contribution in [3.05, 3.63) is 12.2 Å². The van der Waals surface area contributed by atoms with Crippen molar-refractivity contribution in [3.8, 4) is 0 Å². The second-order valence-electron chi connectivity index (χ2n) is 6.53. The lowest BCUT2D eigenvalue weighted by Gasteiger charge is -2.07. The average Bonchev–Trinajstić information content (AvgIpc) is 2.50. The Morgan fingerprint density at radius 1 is 0.870 bits per heavy atom. The highest BCUT2D eigenvalue weighted by Gasteiger charge is 2.04. The molecule has 1 atom stereocenters. The third kappa shape index (κ3) is 19.1. The van der Waals surface area contributed by atoms with Crippen LogP contribution in [0, 0.1) is 0 Å². The van der Waals surface area contributed by atoms with Crippen LogP contribution in [0.2, 0.25) is 0 Å². The van der Waals surface area contributed by atoms with Crippen molar-refractivity contribution in [2.24, 2.45) is 5.73 Å². The maximum Gasteiger partial charge on any atom is 0.307 e. The molecule has 0 bridgehead atoms. The Bertz CT molecular complexity index is 287. The Morgan fingerprint density at radius 2 is 1.35 bits per heavy atom. The lowest BCUT2D eigenvalue weighted by molar-refractivity contribution is -0.148. The molecule has 0 fully saturated rings. The molecule has 3 nitrogen and oxygen atoms in total. The van der Waals surface area contributed by atoms with E-state index in [4.69, 9.17) is 10.5 Å². The van der Waals surface area contributed by atoms with Gasteiger partial charge in [-0.05, 0) is 39.0 Å². The molecule has 136 valence electrons. The van der Waals surface area contributed by atoms with Gasteiger partial charge in [0.05, 0.1) is 0 Å². The first-order valence-electron chi connectivity index (χ1n) is 9.77. The van der Waals surface area contributed by atoms with Gasteiger partial charge in [0.1, 0.15) is 6.23 Å². The van der Waals surface area contributed by atoms with Crippen LogP contribution < -0.4 is 5.73 Å². The van der Waals surface area contributed by atoms with E-state index in [1.54, 1.807) is 6.92 Å². The zero-order valence-corrected chi connectivity index (χ0v) is 15.5. The van der Waals surface area contributed by atoms with Crippen molar-refractivity contribution >= 4 is 5.97 Å². The van der Waals surface area contributed by atoms with Crippen LogP contribution in [0.3, 0.4) is 0 Å². The second-order valence-corrected chi connectivity index (χ2v) is 6.53. The van der Waals surface area contributed by atoms with Crippen molar-refractivity contribution in [2.75, 3.05) is 0 Å². The van der Waals surface area contributed by atoms with Gasteiger partial charge < -0.3 is 4.74 Å². The normalized spacial score (nSPS) is 12.7. The minimum atomic E-state index is -0.481. The predicted molar refractivity (Wildman–Crippen MR) is 99.2 cm³/mol. The van der Waals surface area contributed by atoms with Gasteiger partial charge in [0.25, 0.3) is 0 Å². The van der Waals surface area contributed by atoms with E-state index in [1.807, 2.05) is 0 Å². The number of carbonyl (C=O) groups is 1. The number of ether oxygens (including phenoxy) is 1. The maximum absolute atomic E-state index is 11.3. The highest BCUT2D eigenvalue weighted by atomic mass is 16.5. The standard InChI is InChI=1S/C20H39NO2/c1-3-4-5-6-7-8-9-10-11-12-13-14-15-16-17-18-20(22)23-19(2)21/h10-11,19H,3-9,12-18,21H2,1-2H3/b11-10-. The number of carbonyl (C=O) groups excluding carboxylic acids is 1. The maximum atomic E-state index is 11.3. The summed E-state index contributed by atoms with van der Waals surface area (Å²) in [5.74, 6) is -0.169. The van der Waals surface area contributed by atoms with Gasteiger partial charge in [0, 0.05) is 6.42 Å². The molecule has 0 radical (unpaired) electrons. The SMILES string of the molecule is CCCCCCCC/C=C\CCCCCCCC(=O)OC(C)N. The van der Waals surface area contributed by atoms with Crippen LogP contribution in [-0.4, -0.2) is 12.2 Å². The van der Waals surface area contributed by atoms with Gasteiger partial charge in [-0.25, -0.2) is 0 Å². The van der Waals surface area contributed by atoms with E-state index in [1.165, 1.54) is 70.6 Å². The summed E-state index contributed by atoms with van der Waals surface area (Å²) in [6.07, 6.45) is 21.2. The van der Waals surface area contributed by atoms with Crippen LogP contribution in [0.5, 0.6) is 0 Å². The van der Waals surface area contributed by atoms with Crippen molar-refractivity contribution in [2.45, 2.75) is 110 Å². The molecule has 0 saturated heterocycles. The molecule has 1 unspecified atom stereocenters. The Morgan fingerprint density at radius 3 is 1.87 bits per heavy atom. The van der Waals surface area contributed by atoms with Gasteiger partial charge in [0.2, 0.25) is 0 Å². The largest absolute Gasteiger partial charge is 0.447 e. The lowest BCUT2D eigenvalue weighted by Crippen LogP contribution is -2.23. The van der Waals surface area contributed by atoms with Gasteiger partial charge in [-0.15, -0.1) is 0 Å². The summed E-state index contributed by atoms with van der Waals surface area (Å²) in [7, 11) is 0. The molecule has 0 aromatic carbocycles. The molecule has 0 aromatic rings. The zero-order chi connectivity index (χ0) is 17.2. The second kappa shape index (κ2) is 17.5. The van der Waals surface area contributed by atoms with Crippen molar-refractivity contribution in [1.82, 2.24) is 0 Å². The van der Waals surface area contributed by atoms with Crippen LogP contribution in [0.15, 0.2) is 12.2 Å². The summed E-state index contributed by atoms with van der Waals surface area (Å²) in [5.41, 5.74) is 5.40. The van der Waals surface area contributed by atoms with Crippen molar-refractivity contribution in [3.63, 3.8) is 0 Å². The summed E-state index contributed by atoms with van der Waals surface area (Å²) in [6, 6.07) is 0. The van der Waals surface area contributed by atoms with E-state index in [9.17, 15) is 4.79 Å². The van der Waals surface area contributed by atoms with Crippen molar-refractivity contribution in [1.29, 1.82) is 0 Å². The monoisotopic (exact) mass is 325 g/mol. The van der Waals surface area contributed by atoms with Gasteiger partial charge in [-0.3, -0.25) is 10.5 Å². The van der Waals surface area contributed by atoms with Gasteiger partial charge >= 0.3 is 5.97 Å². The van der Waals surface area contributed by atoms with Crippen LogP contribution in [0.1, 0.15) is 104 Å². The lowest BCUT2D eigenvalue weighted by atomic mass is 10.1. The van der Waals surface area contributed by atoms with E-state index in [2.05, 4.69) is 19.1 Å². The van der Waals surface area contributed by atoms with E-state index >= 15 is 0 Å². The summed E-state index contributed by atoms with van der Waals surface area (Å²) in [6.45, 7) is 3.94. The predicted octanol–water partition coefficient (Wildman–Crippen LogP) is 5.87. The van der Waals surface area contributed by atoms with E-state index in [0.29, 0.717) is 6.42 Å². The third-order valence-corrected chi connectivity index (χ3v) is 3.96. The molecule has 0 heterocycles. The van der Waals surface area contributed by atoms with Crippen LogP contribution in [0.25, 0.3) is 0 Å². The molecule has 0 spiro atoms. The average molecular weight is 326 g/mol. The molecule has 0 aliphatic rings. The first-order chi connectivity index (χ1) is 11.2. The fourth-order valence-corrected chi connectivity index (χ4v) is 2.61. The minimum Gasteiger partial charge on any atom is -0.447 e. The summed E-state index contributed by atoms with van der Waals surface area (Å²) in [5, 5.41) is 0. The molecule has 3 heteroatoms. The molecular weight excluding hydrogens is 286 g/mol. The van der Waals surface area contributed by atoms with Crippen LogP contribution in [-0.2, 0) is 9.53 Å². The highest BCUT2D eigenvalue weighted by molar-refractivity contribution is 5.69. The fourth-order valence-electron chi connectivity index (χ4n) is 2.61. The number of hydrogen-bond donors (Lipinski definition) is 1. The summed E-state index contributed by atoms with van der Waals surface area (Å²) < 4.78 is 4.90. The Kier molecular flexibility index (Phi) is 16.9. The van der Waals surface area contributed by atoms with Gasteiger partial charge in [-0.2, -0.15) is 0 Å². The summed E-state index contributed by atoms with van der Waals surface area (Å²) >= 11 is 0. The molecule has 23 heavy (non-hydrogen) atoms. The quantitative estimate of drug-likeness (QED) is 0.167. The number of hydrogen-bond acceptors (Lipinski definition) is 3. The van der Waals surface area contributed by atoms with E-state index < -0.39 is 6.23 Å². The van der Waals surface area contributed by atoms with Crippen molar-refractivity contribution < 1.29 is 9.53 Å². The number of unbranched alkanes of at least 4 members (excludes halogenated alkanes) is 11. The topological polar surface area (TPSA) is 52.3 Å². The molecule has 2 N–H and O–H groups in total. The number of rotatable bonds is 16. The van der Waals surface area contributed by atoms with Crippen LogP contribution in [0.4, 0.5) is 0 Å². The minimum absolute atomic E-state index is 0.169. The first kappa shape index (κ1) is 22.2. The van der Waals surface area contributed by atoms with Crippen LogP contribution >= 0.6 is 0 Å². The first-order valence-corrected chi connectivity index (χ1v) is 9.77. The molecule has 0 aliphatic heterocycles. The molecule has 0 saturated carbocycles.